The van der Waals surface area contributed by atoms with Crippen LogP contribution in [0.4, 0.5) is 0 Å². The lowest BCUT2D eigenvalue weighted by atomic mass is 9.78. The molecule has 0 spiro atoms. The van der Waals surface area contributed by atoms with E-state index in [1.165, 1.54) is 0 Å². The van der Waals surface area contributed by atoms with Gasteiger partial charge < -0.3 is 15.4 Å². The summed E-state index contributed by atoms with van der Waals surface area (Å²) < 4.78 is 17.4. The van der Waals surface area contributed by atoms with E-state index in [-0.39, 0.29) is 18.3 Å². The number of hydrogen-bond acceptors (Lipinski definition) is 4. The van der Waals surface area contributed by atoms with Crippen molar-refractivity contribution in [2.75, 3.05) is 39.1 Å². The number of hydrogen-bond donors (Lipinski definition) is 2. The van der Waals surface area contributed by atoms with Crippen LogP contribution in [-0.4, -0.2) is 49.2 Å². The van der Waals surface area contributed by atoms with Crippen LogP contribution in [0.1, 0.15) is 18.4 Å². The van der Waals surface area contributed by atoms with Crippen LogP contribution < -0.4 is 10.6 Å². The number of amides is 1. The highest BCUT2D eigenvalue weighted by Crippen LogP contribution is 2.29. The summed E-state index contributed by atoms with van der Waals surface area (Å²) in [6.45, 7) is 2.54. The molecule has 2 N–H and O–H groups in total. The zero-order chi connectivity index (χ0) is 16.5. The molecule has 1 aliphatic rings. The molecule has 1 fully saturated rings. The van der Waals surface area contributed by atoms with Crippen LogP contribution in [0.2, 0.25) is 0 Å². The van der Waals surface area contributed by atoms with Crippen molar-refractivity contribution in [3.05, 3.63) is 35.9 Å². The molecule has 0 bridgehead atoms. The molecule has 0 radical (unpaired) electrons. The van der Waals surface area contributed by atoms with Gasteiger partial charge in [-0.1, -0.05) is 30.3 Å². The molecule has 1 heterocycles. The zero-order valence-electron chi connectivity index (χ0n) is 14.1. The maximum absolute atomic E-state index is 12.5. The molecule has 0 aliphatic carbocycles. The second-order valence-electron chi connectivity index (χ2n) is 5.99. The van der Waals surface area contributed by atoms with Gasteiger partial charge in [-0.15, -0.1) is 12.4 Å². The fourth-order valence-electron chi connectivity index (χ4n) is 2.92. The van der Waals surface area contributed by atoms with Gasteiger partial charge in [-0.25, -0.2) is 0 Å². The number of carbonyl (C=O) groups excluding carboxylic acids is 1. The largest absolute Gasteiger partial charge is 0.384 e. The lowest BCUT2D eigenvalue weighted by molar-refractivity contribution is -0.136. The van der Waals surface area contributed by atoms with Crippen LogP contribution >= 0.6 is 12.4 Å². The van der Waals surface area contributed by atoms with Gasteiger partial charge in [0.2, 0.25) is 5.91 Å². The maximum Gasteiger partial charge on any atom is 0.228 e. The number of ether oxygens (including phenoxy) is 1. The zero-order valence-corrected chi connectivity index (χ0v) is 15.7. The summed E-state index contributed by atoms with van der Waals surface area (Å²) >= 11 is 0. The first kappa shape index (κ1) is 21.1. The van der Waals surface area contributed by atoms with Crippen molar-refractivity contribution in [2.45, 2.75) is 18.6 Å². The monoisotopic (exact) mass is 374 g/mol. The number of carbonyl (C=O) groups is 1. The van der Waals surface area contributed by atoms with Crippen molar-refractivity contribution in [1.82, 2.24) is 10.6 Å². The molecule has 1 atom stereocenters. The van der Waals surface area contributed by atoms with Crippen molar-refractivity contribution >= 4 is 29.1 Å². The molecule has 1 aromatic carbocycles. The summed E-state index contributed by atoms with van der Waals surface area (Å²) in [5, 5.41) is 6.23. The van der Waals surface area contributed by atoms with Crippen LogP contribution in [0.15, 0.2) is 30.3 Å². The fraction of sp³-hybridized carbons (Fsp3) is 0.588. The molecule has 0 saturated carbocycles. The maximum atomic E-state index is 12.5. The lowest BCUT2D eigenvalue weighted by Gasteiger charge is -2.35. The van der Waals surface area contributed by atoms with Gasteiger partial charge >= 0.3 is 0 Å². The normalized spacial score (nSPS) is 17.5. The minimum Gasteiger partial charge on any atom is -0.384 e. The Hall–Kier alpha value is -0.950. The standard InChI is InChI=1S/C17H26N2O3S.ClH/c1-22-14-17(7-9-18-10-8-17)16(20)19-11-12-23(21)13-15-5-3-2-4-6-15;/h2-6,18H,7-14H2,1H3,(H,19,20);1H. The quantitative estimate of drug-likeness (QED) is 0.723. The molecule has 136 valence electrons. The molecule has 24 heavy (non-hydrogen) atoms. The Labute approximate surface area is 152 Å². The first-order valence-corrected chi connectivity index (χ1v) is 9.52. The van der Waals surface area contributed by atoms with E-state index in [0.717, 1.165) is 31.5 Å². The van der Waals surface area contributed by atoms with E-state index in [9.17, 15) is 9.00 Å². The summed E-state index contributed by atoms with van der Waals surface area (Å²) in [4.78, 5) is 12.5. The SMILES string of the molecule is COCC1(C(=O)NCCS(=O)Cc2ccccc2)CCNCC1.Cl. The van der Waals surface area contributed by atoms with E-state index < -0.39 is 16.2 Å². The van der Waals surface area contributed by atoms with Crippen LogP contribution in [-0.2, 0) is 26.1 Å². The summed E-state index contributed by atoms with van der Waals surface area (Å²) in [5.74, 6) is 1.03. The fourth-order valence-corrected chi connectivity index (χ4v) is 3.96. The first-order valence-electron chi connectivity index (χ1n) is 8.03. The summed E-state index contributed by atoms with van der Waals surface area (Å²) in [6.07, 6.45) is 1.56. The Bertz CT molecular complexity index is 516. The second kappa shape index (κ2) is 10.8. The van der Waals surface area contributed by atoms with Crippen molar-refractivity contribution in [3.8, 4) is 0 Å². The van der Waals surface area contributed by atoms with Crippen molar-refractivity contribution in [1.29, 1.82) is 0 Å². The van der Waals surface area contributed by atoms with Gasteiger partial charge in [0.15, 0.2) is 0 Å². The Morgan fingerprint density at radius 1 is 1.29 bits per heavy atom. The summed E-state index contributed by atoms with van der Waals surface area (Å²) in [6, 6.07) is 9.78. The van der Waals surface area contributed by atoms with Crippen molar-refractivity contribution in [3.63, 3.8) is 0 Å². The Kier molecular flexibility index (Phi) is 9.51. The molecule has 5 nitrogen and oxygen atoms in total. The number of benzene rings is 1. The average Bonchev–Trinajstić information content (AvgIpc) is 2.57. The third-order valence-corrected chi connectivity index (χ3v) is 5.56. The lowest BCUT2D eigenvalue weighted by Crippen LogP contribution is -2.50. The van der Waals surface area contributed by atoms with Gasteiger partial charge in [0, 0.05) is 36.0 Å². The van der Waals surface area contributed by atoms with Gasteiger partial charge in [0.05, 0.1) is 12.0 Å². The molecule has 7 heteroatoms. The second-order valence-corrected chi connectivity index (χ2v) is 7.57. The minimum absolute atomic E-state index is 0. The van der Waals surface area contributed by atoms with Crippen molar-refractivity contribution < 1.29 is 13.7 Å². The Morgan fingerprint density at radius 3 is 2.58 bits per heavy atom. The van der Waals surface area contributed by atoms with Crippen LogP contribution in [0.3, 0.4) is 0 Å². The van der Waals surface area contributed by atoms with E-state index >= 15 is 0 Å². The first-order chi connectivity index (χ1) is 11.2. The third kappa shape index (κ3) is 6.16. The molecule has 1 aromatic rings. The highest BCUT2D eigenvalue weighted by molar-refractivity contribution is 7.84. The van der Waals surface area contributed by atoms with Gasteiger partial charge in [-0.2, -0.15) is 0 Å². The number of piperidine rings is 1. The van der Waals surface area contributed by atoms with E-state index in [2.05, 4.69) is 10.6 Å². The third-order valence-electron chi connectivity index (χ3n) is 4.25. The molecule has 2 rings (SSSR count). The van der Waals surface area contributed by atoms with Gasteiger partial charge in [-0.05, 0) is 31.5 Å². The van der Waals surface area contributed by atoms with E-state index in [0.29, 0.717) is 24.7 Å². The molecule has 1 unspecified atom stereocenters. The van der Waals surface area contributed by atoms with Crippen LogP contribution in [0.5, 0.6) is 0 Å². The van der Waals surface area contributed by atoms with E-state index in [1.54, 1.807) is 7.11 Å². The minimum atomic E-state index is -0.968. The molecule has 0 aromatic heterocycles. The average molecular weight is 375 g/mol. The Morgan fingerprint density at radius 2 is 1.96 bits per heavy atom. The molecular weight excluding hydrogens is 348 g/mol. The molecule has 1 amide bonds. The predicted octanol–water partition coefficient (Wildman–Crippen LogP) is 1.49. The number of nitrogens with one attached hydrogen (secondary N) is 2. The van der Waals surface area contributed by atoms with Crippen molar-refractivity contribution in [2.24, 2.45) is 5.41 Å². The van der Waals surface area contributed by atoms with Crippen LogP contribution in [0, 0.1) is 5.41 Å². The van der Waals surface area contributed by atoms with Crippen LogP contribution in [0.25, 0.3) is 0 Å². The number of halogens is 1. The van der Waals surface area contributed by atoms with Gasteiger partial charge in [0.1, 0.15) is 0 Å². The number of rotatable bonds is 8. The highest BCUT2D eigenvalue weighted by atomic mass is 35.5. The van der Waals surface area contributed by atoms with E-state index in [1.807, 2.05) is 30.3 Å². The smallest absolute Gasteiger partial charge is 0.228 e. The summed E-state index contributed by atoms with van der Waals surface area (Å²) in [7, 11) is 0.663. The van der Waals surface area contributed by atoms with Gasteiger partial charge in [0.25, 0.3) is 0 Å². The summed E-state index contributed by atoms with van der Waals surface area (Å²) in [5.41, 5.74) is 0.618. The Balaban J connectivity index is 0.00000288. The molecule has 1 saturated heterocycles. The topological polar surface area (TPSA) is 67.4 Å². The molecular formula is C17H27ClN2O3S. The van der Waals surface area contributed by atoms with Gasteiger partial charge in [-0.3, -0.25) is 9.00 Å². The molecule has 1 aliphatic heterocycles. The predicted molar refractivity (Wildman–Crippen MR) is 99.8 cm³/mol. The number of methoxy groups -OCH3 is 1. The van der Waals surface area contributed by atoms with E-state index in [4.69, 9.17) is 4.74 Å². The highest BCUT2D eigenvalue weighted by Gasteiger charge is 2.39.